The van der Waals surface area contributed by atoms with E-state index in [0.717, 1.165) is 0 Å². The van der Waals surface area contributed by atoms with Crippen LogP contribution >= 0.6 is 0 Å². The molecule has 2 amide bonds. The van der Waals surface area contributed by atoms with Crippen molar-refractivity contribution in [2.45, 2.75) is 12.8 Å². The van der Waals surface area contributed by atoms with E-state index in [1.807, 2.05) is 0 Å². The molecule has 30 heavy (non-hydrogen) atoms. The minimum atomic E-state index is -0.398. The van der Waals surface area contributed by atoms with Gasteiger partial charge in [-0.1, -0.05) is 12.0 Å². The second-order valence-corrected chi connectivity index (χ2v) is 5.94. The molecule has 2 aromatic carbocycles. The molecule has 0 saturated heterocycles. The van der Waals surface area contributed by atoms with E-state index in [9.17, 15) is 9.59 Å². The lowest BCUT2D eigenvalue weighted by atomic mass is 10.2. The minimum Gasteiger partial charge on any atom is -0.497 e. The number of hydrogen-bond donors (Lipinski definition) is 2. The molecule has 0 spiro atoms. The summed E-state index contributed by atoms with van der Waals surface area (Å²) in [6.07, 6.45) is 6.65. The Labute approximate surface area is 175 Å². The van der Waals surface area contributed by atoms with Crippen LogP contribution in [0.1, 0.15) is 18.4 Å². The Morgan fingerprint density at radius 2 is 1.80 bits per heavy atom. The molecule has 2 aromatic rings. The normalized spacial score (nSPS) is 10.2. The quantitative estimate of drug-likeness (QED) is 0.357. The minimum absolute atomic E-state index is 0.0160. The molecular formula is C22H23N3O5. The summed E-state index contributed by atoms with van der Waals surface area (Å²) in [5, 5.41) is 6.62. The van der Waals surface area contributed by atoms with E-state index in [4.69, 9.17) is 20.6 Å². The zero-order valence-electron chi connectivity index (χ0n) is 16.8. The Morgan fingerprint density at radius 1 is 1.07 bits per heavy atom. The number of nitrogens with zero attached hydrogens (tertiary/aromatic N) is 1. The van der Waals surface area contributed by atoms with Crippen LogP contribution in [0.4, 0.5) is 5.69 Å². The third kappa shape index (κ3) is 6.87. The Hall–Kier alpha value is -3.99. The molecule has 0 aliphatic carbocycles. The number of hydrogen-bond acceptors (Lipinski definition) is 6. The fourth-order valence-electron chi connectivity index (χ4n) is 2.42. The molecule has 2 N–H and O–H groups in total. The number of ether oxygens (including phenoxy) is 3. The van der Waals surface area contributed by atoms with Crippen molar-refractivity contribution in [2.75, 3.05) is 26.1 Å². The predicted molar refractivity (Wildman–Crippen MR) is 114 cm³/mol. The molecule has 0 unspecified atom stereocenters. The van der Waals surface area contributed by atoms with Crippen molar-refractivity contribution in [3.05, 3.63) is 48.0 Å². The van der Waals surface area contributed by atoms with Gasteiger partial charge in [0.25, 0.3) is 0 Å². The highest BCUT2D eigenvalue weighted by atomic mass is 16.5. The summed E-state index contributed by atoms with van der Waals surface area (Å²) < 4.78 is 15.8. The summed E-state index contributed by atoms with van der Waals surface area (Å²) in [7, 11) is 3.08. The van der Waals surface area contributed by atoms with Crippen molar-refractivity contribution in [1.82, 2.24) is 5.43 Å². The van der Waals surface area contributed by atoms with Gasteiger partial charge in [-0.15, -0.1) is 6.42 Å². The van der Waals surface area contributed by atoms with Gasteiger partial charge in [0.1, 0.15) is 12.4 Å². The first kappa shape index (κ1) is 22.3. The summed E-state index contributed by atoms with van der Waals surface area (Å²) in [5.41, 5.74) is 3.59. The van der Waals surface area contributed by atoms with Crippen LogP contribution in [0.25, 0.3) is 0 Å². The number of benzene rings is 2. The summed E-state index contributed by atoms with van der Waals surface area (Å²) in [5.74, 6) is 3.32. The summed E-state index contributed by atoms with van der Waals surface area (Å²) in [4.78, 5) is 23.9. The first-order chi connectivity index (χ1) is 14.6. The van der Waals surface area contributed by atoms with Crippen molar-refractivity contribution in [2.24, 2.45) is 5.10 Å². The molecular weight excluding hydrogens is 386 g/mol. The van der Waals surface area contributed by atoms with Gasteiger partial charge >= 0.3 is 0 Å². The summed E-state index contributed by atoms with van der Waals surface area (Å²) in [6.45, 7) is 0.0663. The van der Waals surface area contributed by atoms with Gasteiger partial charge in [0.05, 0.1) is 20.4 Å². The number of carbonyl (C=O) groups excluding carboxylic acids is 2. The van der Waals surface area contributed by atoms with Crippen LogP contribution in [-0.2, 0) is 9.59 Å². The number of hydrazone groups is 1. The van der Waals surface area contributed by atoms with E-state index in [-0.39, 0.29) is 25.4 Å². The lowest BCUT2D eigenvalue weighted by Gasteiger charge is -2.11. The standard InChI is InChI=1S/C22H23N3O5/c1-4-14-30-22-16(6-5-7-19(22)29-3)15-23-25-21(27)13-12-20(26)24-17-8-10-18(28-2)11-9-17/h1,5-11,15H,12-14H2,2-3H3,(H,24,26)(H,25,27). The van der Waals surface area contributed by atoms with Gasteiger partial charge in [0.15, 0.2) is 11.5 Å². The van der Waals surface area contributed by atoms with Gasteiger partial charge in [0.2, 0.25) is 11.8 Å². The number of nitrogens with one attached hydrogen (secondary N) is 2. The highest BCUT2D eigenvalue weighted by Crippen LogP contribution is 2.29. The van der Waals surface area contributed by atoms with Crippen molar-refractivity contribution in [3.63, 3.8) is 0 Å². The summed E-state index contributed by atoms with van der Waals surface area (Å²) in [6, 6.07) is 12.1. The molecule has 0 saturated carbocycles. The lowest BCUT2D eigenvalue weighted by molar-refractivity contribution is -0.124. The smallest absolute Gasteiger partial charge is 0.240 e. The molecule has 8 heteroatoms. The van der Waals surface area contributed by atoms with Crippen molar-refractivity contribution in [3.8, 4) is 29.6 Å². The van der Waals surface area contributed by atoms with Gasteiger partial charge in [-0.3, -0.25) is 9.59 Å². The number of anilines is 1. The van der Waals surface area contributed by atoms with E-state index < -0.39 is 5.91 Å². The van der Waals surface area contributed by atoms with E-state index in [0.29, 0.717) is 28.5 Å². The molecule has 0 aromatic heterocycles. The number of amides is 2. The first-order valence-electron chi connectivity index (χ1n) is 9.06. The van der Waals surface area contributed by atoms with E-state index in [2.05, 4.69) is 21.8 Å². The fourth-order valence-corrected chi connectivity index (χ4v) is 2.42. The maximum Gasteiger partial charge on any atom is 0.240 e. The number of methoxy groups -OCH3 is 2. The fraction of sp³-hybridized carbons (Fsp3) is 0.227. The van der Waals surface area contributed by atoms with E-state index >= 15 is 0 Å². The van der Waals surface area contributed by atoms with Crippen molar-refractivity contribution < 1.29 is 23.8 Å². The highest BCUT2D eigenvalue weighted by molar-refractivity contribution is 5.93. The Kier molecular flexibility index (Phi) is 8.74. The topological polar surface area (TPSA) is 98.2 Å². The molecule has 2 rings (SSSR count). The largest absolute Gasteiger partial charge is 0.497 e. The van der Waals surface area contributed by atoms with Crippen LogP contribution in [0.15, 0.2) is 47.6 Å². The van der Waals surface area contributed by atoms with Crippen LogP contribution in [0.3, 0.4) is 0 Å². The third-order valence-corrected chi connectivity index (χ3v) is 3.87. The van der Waals surface area contributed by atoms with Gasteiger partial charge in [-0.25, -0.2) is 5.43 Å². The maximum atomic E-state index is 12.0. The SMILES string of the molecule is C#CCOc1c(C=NNC(=O)CCC(=O)Nc2ccc(OC)cc2)cccc1OC. The second kappa shape index (κ2) is 11.8. The van der Waals surface area contributed by atoms with Crippen LogP contribution < -0.4 is 25.0 Å². The number of terminal acetylenes is 1. The maximum absolute atomic E-state index is 12.0. The van der Waals surface area contributed by atoms with Gasteiger partial charge in [-0.2, -0.15) is 5.10 Å². The Balaban J connectivity index is 1.84. The van der Waals surface area contributed by atoms with Crippen LogP contribution in [0.5, 0.6) is 17.2 Å². The molecule has 0 atom stereocenters. The molecule has 0 radical (unpaired) electrons. The average Bonchev–Trinajstić information content (AvgIpc) is 2.77. The van der Waals surface area contributed by atoms with Crippen LogP contribution in [0.2, 0.25) is 0 Å². The molecule has 0 fully saturated rings. The molecule has 8 nitrogen and oxygen atoms in total. The van der Waals surface area contributed by atoms with Gasteiger partial charge < -0.3 is 19.5 Å². The Bertz CT molecular complexity index is 933. The van der Waals surface area contributed by atoms with Crippen molar-refractivity contribution in [1.29, 1.82) is 0 Å². The van der Waals surface area contributed by atoms with Crippen LogP contribution in [-0.4, -0.2) is 38.9 Å². The predicted octanol–water partition coefficient (Wildman–Crippen LogP) is 2.58. The van der Waals surface area contributed by atoms with Gasteiger partial charge in [0, 0.05) is 24.1 Å². The number of para-hydroxylation sites is 1. The number of carbonyl (C=O) groups is 2. The zero-order valence-corrected chi connectivity index (χ0v) is 16.8. The molecule has 0 aliphatic rings. The molecule has 0 aliphatic heterocycles. The Morgan fingerprint density at radius 3 is 2.47 bits per heavy atom. The van der Waals surface area contributed by atoms with Crippen LogP contribution in [0, 0.1) is 12.3 Å². The zero-order chi connectivity index (χ0) is 21.8. The summed E-state index contributed by atoms with van der Waals surface area (Å²) >= 11 is 0. The van der Waals surface area contributed by atoms with Gasteiger partial charge in [-0.05, 0) is 36.4 Å². The van der Waals surface area contributed by atoms with E-state index in [1.165, 1.54) is 13.3 Å². The molecule has 156 valence electrons. The third-order valence-electron chi connectivity index (χ3n) is 3.87. The first-order valence-corrected chi connectivity index (χ1v) is 9.06. The molecule has 0 bridgehead atoms. The lowest BCUT2D eigenvalue weighted by Crippen LogP contribution is -2.20. The van der Waals surface area contributed by atoms with Crippen molar-refractivity contribution >= 4 is 23.7 Å². The average molecular weight is 409 g/mol. The van der Waals surface area contributed by atoms with E-state index in [1.54, 1.807) is 49.6 Å². The monoisotopic (exact) mass is 409 g/mol. The number of rotatable bonds is 10. The highest BCUT2D eigenvalue weighted by Gasteiger charge is 2.10. The second-order valence-electron chi connectivity index (χ2n) is 5.94. The molecule has 0 heterocycles.